The van der Waals surface area contributed by atoms with Crippen LogP contribution in [0.15, 0.2) is 16.6 Å². The molecule has 1 aromatic carbocycles. The van der Waals surface area contributed by atoms with Crippen molar-refractivity contribution in [3.05, 3.63) is 28.0 Å². The Kier molecular flexibility index (Phi) is 5.08. The molecule has 0 aliphatic rings. The van der Waals surface area contributed by atoms with E-state index in [1.54, 1.807) is 13.0 Å². The lowest BCUT2D eigenvalue weighted by atomic mass is 10.1. The first-order chi connectivity index (χ1) is 7.95. The van der Waals surface area contributed by atoms with Gasteiger partial charge >= 0.3 is 0 Å². The number of nitrogens with two attached hydrogens (primary N) is 1. The second-order valence-electron chi connectivity index (χ2n) is 3.97. The van der Waals surface area contributed by atoms with Gasteiger partial charge in [0.15, 0.2) is 0 Å². The van der Waals surface area contributed by atoms with E-state index in [2.05, 4.69) is 21.2 Å². The molecule has 0 saturated carbocycles. The number of carbonyl (C=O) groups is 1. The third-order valence-electron chi connectivity index (χ3n) is 2.46. The molecule has 0 aliphatic carbocycles. The topological polar surface area (TPSA) is 55.1 Å². The number of nitrogens with one attached hydrogen (secondary N) is 1. The molecule has 0 fully saturated rings. The largest absolute Gasteiger partial charge is 0.324 e. The number of carbonyl (C=O) groups excluding carboxylic acids is 1. The minimum atomic E-state index is -0.525. The molecular formula is C12H16BrFN2O. The van der Waals surface area contributed by atoms with Gasteiger partial charge < -0.3 is 11.1 Å². The Balaban J connectivity index is 2.81. The van der Waals surface area contributed by atoms with Gasteiger partial charge in [0.2, 0.25) is 5.91 Å². The molecule has 0 aliphatic heterocycles. The van der Waals surface area contributed by atoms with Gasteiger partial charge in [-0.1, -0.05) is 13.3 Å². The molecule has 94 valence electrons. The maximum atomic E-state index is 13.2. The molecule has 0 radical (unpaired) electrons. The second-order valence-corrected chi connectivity index (χ2v) is 4.82. The van der Waals surface area contributed by atoms with Crippen LogP contribution in [0.4, 0.5) is 10.1 Å². The van der Waals surface area contributed by atoms with Crippen LogP contribution in [0.2, 0.25) is 0 Å². The van der Waals surface area contributed by atoms with Crippen LogP contribution in [-0.2, 0) is 4.79 Å². The molecule has 1 atom stereocenters. The zero-order valence-corrected chi connectivity index (χ0v) is 11.5. The fourth-order valence-corrected chi connectivity index (χ4v) is 1.79. The van der Waals surface area contributed by atoms with Crippen molar-refractivity contribution in [3.63, 3.8) is 0 Å². The third-order valence-corrected chi connectivity index (χ3v) is 3.07. The van der Waals surface area contributed by atoms with Gasteiger partial charge in [0, 0.05) is 5.69 Å². The Morgan fingerprint density at radius 1 is 1.59 bits per heavy atom. The first kappa shape index (κ1) is 14.1. The van der Waals surface area contributed by atoms with E-state index in [0.717, 1.165) is 6.42 Å². The van der Waals surface area contributed by atoms with Gasteiger partial charge in [0.05, 0.1) is 10.5 Å². The summed E-state index contributed by atoms with van der Waals surface area (Å²) in [4.78, 5) is 11.7. The van der Waals surface area contributed by atoms with E-state index in [1.165, 1.54) is 6.07 Å². The Morgan fingerprint density at radius 2 is 2.24 bits per heavy atom. The molecule has 3 nitrogen and oxygen atoms in total. The summed E-state index contributed by atoms with van der Waals surface area (Å²) >= 11 is 3.08. The summed E-state index contributed by atoms with van der Waals surface area (Å²) in [7, 11) is 0. The quantitative estimate of drug-likeness (QED) is 0.898. The molecule has 1 rings (SSSR count). The summed E-state index contributed by atoms with van der Waals surface area (Å²) in [6.45, 7) is 3.70. The molecular weight excluding hydrogens is 287 g/mol. The van der Waals surface area contributed by atoms with E-state index in [9.17, 15) is 9.18 Å². The van der Waals surface area contributed by atoms with Crippen molar-refractivity contribution >= 4 is 27.5 Å². The molecule has 0 heterocycles. The number of anilines is 1. The van der Waals surface area contributed by atoms with Crippen LogP contribution < -0.4 is 11.1 Å². The van der Waals surface area contributed by atoms with E-state index >= 15 is 0 Å². The van der Waals surface area contributed by atoms with Crippen molar-refractivity contribution in [1.29, 1.82) is 0 Å². The van der Waals surface area contributed by atoms with E-state index in [4.69, 9.17) is 5.73 Å². The van der Waals surface area contributed by atoms with Gasteiger partial charge in [-0.15, -0.1) is 0 Å². The Morgan fingerprint density at radius 3 is 2.82 bits per heavy atom. The van der Waals surface area contributed by atoms with Crippen LogP contribution >= 0.6 is 15.9 Å². The average Bonchev–Trinajstić information content (AvgIpc) is 2.26. The summed E-state index contributed by atoms with van der Waals surface area (Å²) in [5.74, 6) is -0.591. The monoisotopic (exact) mass is 302 g/mol. The van der Waals surface area contributed by atoms with Crippen LogP contribution in [0.5, 0.6) is 0 Å². The van der Waals surface area contributed by atoms with Gasteiger partial charge in [-0.2, -0.15) is 0 Å². The first-order valence-electron chi connectivity index (χ1n) is 5.47. The minimum Gasteiger partial charge on any atom is -0.324 e. The predicted molar refractivity (Wildman–Crippen MR) is 70.4 cm³/mol. The van der Waals surface area contributed by atoms with E-state index in [1.807, 2.05) is 6.92 Å². The van der Waals surface area contributed by atoms with Crippen LogP contribution in [0.25, 0.3) is 0 Å². The lowest BCUT2D eigenvalue weighted by Gasteiger charge is -2.13. The summed E-state index contributed by atoms with van der Waals surface area (Å²) in [6, 6.07) is 2.38. The highest BCUT2D eigenvalue weighted by molar-refractivity contribution is 9.10. The van der Waals surface area contributed by atoms with Crippen LogP contribution in [0, 0.1) is 12.7 Å². The molecule has 0 bridgehead atoms. The standard InChI is InChI=1S/C12H16BrFN2O/c1-3-4-10(15)12(17)16-11-6-8(13)9(14)5-7(11)2/h5-6,10H,3-4,15H2,1-2H3,(H,16,17)/t10-/m0/s1. The smallest absolute Gasteiger partial charge is 0.241 e. The maximum Gasteiger partial charge on any atom is 0.241 e. The molecule has 17 heavy (non-hydrogen) atoms. The fraction of sp³-hybridized carbons (Fsp3) is 0.417. The number of hydrogen-bond donors (Lipinski definition) is 2. The van der Waals surface area contributed by atoms with E-state index < -0.39 is 6.04 Å². The molecule has 1 amide bonds. The number of benzene rings is 1. The minimum absolute atomic E-state index is 0.242. The summed E-state index contributed by atoms with van der Waals surface area (Å²) in [6.07, 6.45) is 1.48. The average molecular weight is 303 g/mol. The highest BCUT2D eigenvalue weighted by Gasteiger charge is 2.14. The van der Waals surface area contributed by atoms with Gasteiger partial charge in [-0.3, -0.25) is 4.79 Å². The number of hydrogen-bond acceptors (Lipinski definition) is 2. The van der Waals surface area contributed by atoms with Gasteiger partial charge in [-0.05, 0) is 47.0 Å². The summed E-state index contributed by atoms with van der Waals surface area (Å²) < 4.78 is 13.5. The van der Waals surface area contributed by atoms with E-state index in [0.29, 0.717) is 22.1 Å². The van der Waals surface area contributed by atoms with Crippen LogP contribution in [0.3, 0.4) is 0 Å². The first-order valence-corrected chi connectivity index (χ1v) is 6.27. The zero-order chi connectivity index (χ0) is 13.0. The number of rotatable bonds is 4. The Labute approximate surface area is 109 Å². The molecule has 0 aromatic heterocycles. The lowest BCUT2D eigenvalue weighted by molar-refractivity contribution is -0.117. The third kappa shape index (κ3) is 3.78. The molecule has 1 aromatic rings. The molecule has 5 heteroatoms. The Bertz CT molecular complexity index is 423. The van der Waals surface area contributed by atoms with Crippen molar-refractivity contribution in [2.24, 2.45) is 5.73 Å². The predicted octanol–water partition coefficient (Wildman–Crippen LogP) is 2.96. The highest BCUT2D eigenvalue weighted by Crippen LogP contribution is 2.24. The Hall–Kier alpha value is -0.940. The molecule has 0 spiro atoms. The van der Waals surface area contributed by atoms with Crippen molar-refractivity contribution in [1.82, 2.24) is 0 Å². The fourth-order valence-electron chi connectivity index (χ4n) is 1.45. The summed E-state index contributed by atoms with van der Waals surface area (Å²) in [5.41, 5.74) is 6.94. The second kappa shape index (κ2) is 6.12. The molecule has 3 N–H and O–H groups in total. The normalized spacial score (nSPS) is 12.3. The van der Waals surface area contributed by atoms with Crippen LogP contribution in [0.1, 0.15) is 25.3 Å². The number of aryl methyl sites for hydroxylation is 1. The SMILES string of the molecule is CCC[C@H](N)C(=O)Nc1cc(Br)c(F)cc1C. The highest BCUT2D eigenvalue weighted by atomic mass is 79.9. The maximum absolute atomic E-state index is 13.2. The van der Waals surface area contributed by atoms with Crippen molar-refractivity contribution in [2.75, 3.05) is 5.32 Å². The van der Waals surface area contributed by atoms with Gasteiger partial charge in [0.25, 0.3) is 0 Å². The van der Waals surface area contributed by atoms with E-state index in [-0.39, 0.29) is 11.7 Å². The van der Waals surface area contributed by atoms with Crippen molar-refractivity contribution in [2.45, 2.75) is 32.7 Å². The summed E-state index contributed by atoms with van der Waals surface area (Å²) in [5, 5.41) is 2.70. The number of amides is 1. The number of halogens is 2. The van der Waals surface area contributed by atoms with Gasteiger partial charge in [-0.25, -0.2) is 4.39 Å². The molecule has 0 saturated heterocycles. The zero-order valence-electron chi connectivity index (χ0n) is 9.89. The van der Waals surface area contributed by atoms with Crippen molar-refractivity contribution in [3.8, 4) is 0 Å². The lowest BCUT2D eigenvalue weighted by Crippen LogP contribution is -2.35. The van der Waals surface area contributed by atoms with Crippen molar-refractivity contribution < 1.29 is 9.18 Å². The van der Waals surface area contributed by atoms with Gasteiger partial charge in [0.1, 0.15) is 5.82 Å². The molecule has 0 unspecified atom stereocenters. The van der Waals surface area contributed by atoms with Crippen LogP contribution in [-0.4, -0.2) is 11.9 Å².